The molecule has 1 atom stereocenters. The van der Waals surface area contributed by atoms with Crippen LogP contribution in [0.5, 0.6) is 0 Å². The topological polar surface area (TPSA) is 59.1 Å². The number of amides is 1. The first kappa shape index (κ1) is 15.6. The molecule has 0 heterocycles. The van der Waals surface area contributed by atoms with Gasteiger partial charge in [0.1, 0.15) is 0 Å². The molecule has 0 aliphatic heterocycles. The van der Waals surface area contributed by atoms with Crippen molar-refractivity contribution in [1.82, 2.24) is 9.57 Å². The van der Waals surface area contributed by atoms with E-state index in [1.54, 1.807) is 13.8 Å². The molecule has 6 nitrogen and oxygen atoms in total. The van der Waals surface area contributed by atoms with Gasteiger partial charge in [0, 0.05) is 13.1 Å². The highest BCUT2D eigenvalue weighted by atomic mass is 31.2. The molecule has 0 aromatic heterocycles. The Morgan fingerprint density at radius 3 is 2.25 bits per heavy atom. The molecule has 0 aromatic carbocycles. The van der Waals surface area contributed by atoms with E-state index in [0.29, 0.717) is 19.5 Å². The van der Waals surface area contributed by atoms with Gasteiger partial charge in [-0.25, -0.2) is 4.57 Å². The van der Waals surface area contributed by atoms with E-state index in [1.165, 1.54) is 0 Å². The van der Waals surface area contributed by atoms with Crippen LogP contribution < -0.4 is 0 Å². The number of carbonyl (C=O) groups excluding carboxylic acids is 1. The fourth-order valence-electron chi connectivity index (χ4n) is 0.993. The highest BCUT2D eigenvalue weighted by Gasteiger charge is 2.31. The number of hydrogen-bond acceptors (Lipinski definition) is 5. The summed E-state index contributed by atoms with van der Waals surface area (Å²) in [7, 11) is 0.315. The molecule has 0 radical (unpaired) electrons. The van der Waals surface area contributed by atoms with Crippen LogP contribution in [0, 0.1) is 0 Å². The van der Waals surface area contributed by atoms with Crippen molar-refractivity contribution in [3.05, 3.63) is 0 Å². The maximum atomic E-state index is 12.2. The molecule has 0 aliphatic carbocycles. The van der Waals surface area contributed by atoms with Crippen LogP contribution in [-0.2, 0) is 18.4 Å². The molecule has 0 saturated heterocycles. The Hall–Kier alpha value is -0.420. The quantitative estimate of drug-likeness (QED) is 0.455. The van der Waals surface area contributed by atoms with Crippen molar-refractivity contribution in [3.63, 3.8) is 0 Å². The first-order valence-corrected chi connectivity index (χ1v) is 6.76. The van der Waals surface area contributed by atoms with E-state index in [1.807, 2.05) is 19.0 Å². The normalized spacial score (nSPS) is 14.8. The lowest BCUT2D eigenvalue weighted by Crippen LogP contribution is -2.24. The number of hydrogen-bond donors (Lipinski definition) is 0. The highest BCUT2D eigenvalue weighted by molar-refractivity contribution is 7.51. The largest absolute Gasteiger partial charge is 0.437 e. The van der Waals surface area contributed by atoms with Gasteiger partial charge in [0.15, 0.2) is 0 Å². The summed E-state index contributed by atoms with van der Waals surface area (Å²) < 4.78 is 23.5. The average molecular weight is 252 g/mol. The van der Waals surface area contributed by atoms with Crippen molar-refractivity contribution >= 4 is 14.2 Å². The first-order chi connectivity index (χ1) is 7.50. The zero-order valence-electron chi connectivity index (χ0n) is 10.4. The van der Waals surface area contributed by atoms with Crippen molar-refractivity contribution in [2.45, 2.75) is 13.8 Å². The van der Waals surface area contributed by atoms with Gasteiger partial charge < -0.3 is 4.90 Å². The second-order valence-corrected chi connectivity index (χ2v) is 5.35. The van der Waals surface area contributed by atoms with Crippen molar-refractivity contribution < 1.29 is 18.4 Å². The maximum Gasteiger partial charge on any atom is 0.437 e. The minimum atomic E-state index is -3.45. The third kappa shape index (κ3) is 5.07. The van der Waals surface area contributed by atoms with Gasteiger partial charge >= 0.3 is 7.75 Å². The molecule has 1 unspecified atom stereocenters. The minimum Gasteiger partial charge on any atom is -0.307 e. The number of rotatable bonds is 9. The van der Waals surface area contributed by atoms with Crippen LogP contribution in [0.3, 0.4) is 0 Å². The van der Waals surface area contributed by atoms with Gasteiger partial charge in [-0.1, -0.05) is 0 Å². The van der Waals surface area contributed by atoms with Crippen molar-refractivity contribution in [2.75, 3.05) is 40.4 Å². The summed E-state index contributed by atoms with van der Waals surface area (Å²) in [6.07, 6.45) is 0.492. The highest BCUT2D eigenvalue weighted by Crippen LogP contribution is 2.50. The summed E-state index contributed by atoms with van der Waals surface area (Å²) >= 11 is 0. The van der Waals surface area contributed by atoms with E-state index in [2.05, 4.69) is 0 Å². The lowest BCUT2D eigenvalue weighted by atomic mass is 10.6. The molecular weight excluding hydrogens is 231 g/mol. The predicted octanol–water partition coefficient (Wildman–Crippen LogP) is 1.19. The molecule has 0 saturated carbocycles. The fourth-order valence-corrected chi connectivity index (χ4v) is 2.46. The molecule has 7 heteroatoms. The van der Waals surface area contributed by atoms with Gasteiger partial charge in [0.05, 0.1) is 13.2 Å². The molecule has 1 amide bonds. The van der Waals surface area contributed by atoms with Gasteiger partial charge in [0.25, 0.3) is 0 Å². The molecule has 0 bridgehead atoms. The van der Waals surface area contributed by atoms with Gasteiger partial charge in [0.2, 0.25) is 6.41 Å². The Kier molecular flexibility index (Phi) is 7.58. The molecule has 96 valence electrons. The van der Waals surface area contributed by atoms with Crippen LogP contribution in [-0.4, -0.2) is 56.4 Å². The zero-order chi connectivity index (χ0) is 12.6. The Bertz CT molecular complexity index is 248. The van der Waals surface area contributed by atoms with Gasteiger partial charge in [-0.05, 0) is 27.9 Å². The molecule has 0 spiro atoms. The molecule has 16 heavy (non-hydrogen) atoms. The summed E-state index contributed by atoms with van der Waals surface area (Å²) in [6, 6.07) is 0. The summed E-state index contributed by atoms with van der Waals surface area (Å²) in [5.74, 6) is 0. The molecule has 0 fully saturated rings. The Labute approximate surface area is 97.1 Å². The van der Waals surface area contributed by atoms with Crippen LogP contribution in [0.25, 0.3) is 0 Å². The van der Waals surface area contributed by atoms with E-state index >= 15 is 0 Å². The van der Waals surface area contributed by atoms with Crippen LogP contribution in [0.2, 0.25) is 0 Å². The molecular formula is C9H21N2O4P. The van der Waals surface area contributed by atoms with E-state index in [-0.39, 0.29) is 13.2 Å². The Morgan fingerprint density at radius 1 is 1.25 bits per heavy atom. The van der Waals surface area contributed by atoms with E-state index < -0.39 is 7.75 Å². The third-order valence-corrected chi connectivity index (χ3v) is 3.95. The van der Waals surface area contributed by atoms with Crippen LogP contribution in [0.4, 0.5) is 0 Å². The average Bonchev–Trinajstić information content (AvgIpc) is 2.19. The summed E-state index contributed by atoms with van der Waals surface area (Å²) in [6.45, 7) is 4.84. The summed E-state index contributed by atoms with van der Waals surface area (Å²) in [5, 5.41) is 0. The fraction of sp³-hybridized carbons (Fsp3) is 0.889. The van der Waals surface area contributed by atoms with E-state index in [0.717, 1.165) is 4.67 Å². The predicted molar refractivity (Wildman–Crippen MR) is 62.2 cm³/mol. The molecule has 0 N–H and O–H groups in total. The third-order valence-electron chi connectivity index (χ3n) is 1.85. The van der Waals surface area contributed by atoms with Crippen molar-refractivity contribution in [1.29, 1.82) is 0 Å². The van der Waals surface area contributed by atoms with Crippen molar-refractivity contribution in [2.24, 2.45) is 0 Å². The van der Waals surface area contributed by atoms with Crippen LogP contribution in [0.1, 0.15) is 13.8 Å². The SMILES string of the molecule is CCOP(=O)(OCCN(C)C)N(C=O)CC. The van der Waals surface area contributed by atoms with Crippen molar-refractivity contribution in [3.8, 4) is 0 Å². The second kappa shape index (κ2) is 7.79. The number of carbonyl (C=O) groups is 1. The van der Waals surface area contributed by atoms with Gasteiger partial charge in [-0.3, -0.25) is 18.5 Å². The standard InChI is InChI=1S/C9H21N2O4P/c1-5-11(9-12)16(13,14-6-2)15-8-7-10(3)4/h9H,5-8H2,1-4H3. The summed E-state index contributed by atoms with van der Waals surface area (Å²) in [4.78, 5) is 12.6. The molecule has 0 aliphatic rings. The monoisotopic (exact) mass is 252 g/mol. The molecule has 0 aromatic rings. The minimum absolute atomic E-state index is 0.240. The van der Waals surface area contributed by atoms with E-state index in [9.17, 15) is 9.36 Å². The summed E-state index contributed by atoms with van der Waals surface area (Å²) in [5.41, 5.74) is 0. The first-order valence-electron chi connectivity index (χ1n) is 5.26. The lowest BCUT2D eigenvalue weighted by molar-refractivity contribution is -0.115. The number of nitrogens with zero attached hydrogens (tertiary/aromatic N) is 2. The number of likely N-dealkylation sites (N-methyl/N-ethyl adjacent to an activating group) is 1. The van der Waals surface area contributed by atoms with Gasteiger partial charge in [-0.15, -0.1) is 0 Å². The Balaban J connectivity index is 4.43. The van der Waals surface area contributed by atoms with Crippen LogP contribution >= 0.6 is 7.75 Å². The van der Waals surface area contributed by atoms with Gasteiger partial charge in [-0.2, -0.15) is 0 Å². The maximum absolute atomic E-state index is 12.2. The lowest BCUT2D eigenvalue weighted by Gasteiger charge is -2.25. The molecule has 0 rings (SSSR count). The van der Waals surface area contributed by atoms with Crippen LogP contribution in [0.15, 0.2) is 0 Å². The second-order valence-electron chi connectivity index (χ2n) is 3.38. The zero-order valence-corrected chi connectivity index (χ0v) is 11.3. The Morgan fingerprint density at radius 2 is 1.88 bits per heavy atom. The smallest absolute Gasteiger partial charge is 0.307 e. The van der Waals surface area contributed by atoms with E-state index in [4.69, 9.17) is 9.05 Å².